The van der Waals surface area contributed by atoms with Gasteiger partial charge in [0.15, 0.2) is 0 Å². The van der Waals surface area contributed by atoms with E-state index in [1.807, 2.05) is 69.6 Å². The number of aryl methyl sites for hydroxylation is 3. The Morgan fingerprint density at radius 2 is 1.09 bits per heavy atom. The molecule has 0 aliphatic carbocycles. The summed E-state index contributed by atoms with van der Waals surface area (Å²) in [5.74, 6) is 0. The van der Waals surface area contributed by atoms with Crippen molar-refractivity contribution < 1.29 is 0 Å². The number of H-pyrrole nitrogens is 4. The maximum atomic E-state index is 4.94. The lowest BCUT2D eigenvalue weighted by Crippen LogP contribution is -2.43. The number of fused-ring (bicyclic) bond motifs is 2. The van der Waals surface area contributed by atoms with Crippen LogP contribution in [0.3, 0.4) is 0 Å². The summed E-state index contributed by atoms with van der Waals surface area (Å²) in [5.41, 5.74) is 18.3. The van der Waals surface area contributed by atoms with Gasteiger partial charge >= 0.3 is 0 Å². The summed E-state index contributed by atoms with van der Waals surface area (Å²) in [6.45, 7) is 26.3. The number of aromatic amines is 4. The first-order chi connectivity index (χ1) is 32.7. The monoisotopic (exact) mass is 896 g/mol. The molecule has 10 rings (SSSR count). The lowest BCUT2D eigenvalue weighted by molar-refractivity contribution is 0.207. The van der Waals surface area contributed by atoms with Crippen molar-refractivity contribution in [2.45, 2.75) is 34.6 Å². The van der Waals surface area contributed by atoms with Crippen LogP contribution in [0, 0.1) is 20.8 Å². The topological polar surface area (TPSA) is 166 Å². The zero-order valence-corrected chi connectivity index (χ0v) is 39.7. The van der Waals surface area contributed by atoms with E-state index in [-0.39, 0.29) is 0 Å². The van der Waals surface area contributed by atoms with E-state index in [1.165, 1.54) is 17.0 Å². The van der Waals surface area contributed by atoms with E-state index in [4.69, 9.17) is 9.97 Å². The third-order valence-corrected chi connectivity index (χ3v) is 12.1. The van der Waals surface area contributed by atoms with Gasteiger partial charge in [-0.05, 0) is 95.0 Å². The van der Waals surface area contributed by atoms with Crippen molar-refractivity contribution in [2.75, 3.05) is 66.5 Å². The van der Waals surface area contributed by atoms with Crippen LogP contribution in [0.2, 0.25) is 0 Å². The highest BCUT2D eigenvalue weighted by molar-refractivity contribution is 5.92. The van der Waals surface area contributed by atoms with Crippen LogP contribution >= 0.6 is 0 Å². The van der Waals surface area contributed by atoms with Crippen LogP contribution in [0.1, 0.15) is 41.9 Å². The maximum absolute atomic E-state index is 4.94. The predicted molar refractivity (Wildman–Crippen MR) is 272 cm³/mol. The first-order valence-corrected chi connectivity index (χ1v) is 23.0. The lowest BCUT2D eigenvalue weighted by Gasteiger charge is -2.35. The van der Waals surface area contributed by atoms with Crippen molar-refractivity contribution >= 4 is 33.5 Å². The van der Waals surface area contributed by atoms with Crippen molar-refractivity contribution in [1.82, 2.24) is 74.9 Å². The molecule has 2 aliphatic rings. The summed E-state index contributed by atoms with van der Waals surface area (Å²) >= 11 is 0. The van der Waals surface area contributed by atoms with Crippen molar-refractivity contribution in [3.63, 3.8) is 0 Å². The molecule has 67 heavy (non-hydrogen) atoms. The standard InChI is InChI=1S/C26H29N7.C24H26N8.C2H6/c1-5-6-24(33-11-9-32(4)10-12-33)20-14-23(28-18(20)3)26-25-22(30-31-26)8-7-21(29-25)19-13-17(2)15-27-16-19;1-4-5-22(32-12-10-31(3)11-13-32)17-14-20(27-16(17)2)24-23-19(29-30-24)7-6-18(28-23)21-15-25-8-9-26-21;1-2/h5-8,13-16,28H,1,9-12H2,2-4H3,(H,30,31);4-9,14-15,27H,1,10-13H2,2-3H3,(H,29,30);1-2H3/b24-6+;22-5+;. The van der Waals surface area contributed by atoms with Crippen LogP contribution in [0.25, 0.3) is 78.9 Å². The molecule has 15 nitrogen and oxygen atoms in total. The van der Waals surface area contributed by atoms with Crippen molar-refractivity contribution in [3.05, 3.63) is 139 Å². The molecule has 0 atom stereocenters. The third-order valence-electron chi connectivity index (χ3n) is 12.1. The summed E-state index contributed by atoms with van der Waals surface area (Å²) in [4.78, 5) is 39.3. The van der Waals surface area contributed by atoms with Crippen molar-refractivity contribution in [2.24, 2.45) is 0 Å². The van der Waals surface area contributed by atoms with E-state index in [0.29, 0.717) is 0 Å². The third kappa shape index (κ3) is 10.0. The molecule has 15 heteroatoms. The Bertz CT molecular complexity index is 3020. The molecule has 8 aromatic heterocycles. The molecule has 2 fully saturated rings. The molecule has 0 saturated carbocycles. The van der Waals surface area contributed by atoms with Gasteiger partial charge in [0.2, 0.25) is 0 Å². The number of likely N-dealkylation sites (N-methyl/N-ethyl adjacent to an activating group) is 2. The highest BCUT2D eigenvalue weighted by Gasteiger charge is 2.24. The van der Waals surface area contributed by atoms with E-state index in [0.717, 1.165) is 142 Å². The van der Waals surface area contributed by atoms with Crippen molar-refractivity contribution in [1.29, 1.82) is 0 Å². The number of allylic oxidation sites excluding steroid dienone is 4. The van der Waals surface area contributed by atoms with Gasteiger partial charge in [-0.2, -0.15) is 10.2 Å². The SMILES string of the molecule is C=C/C=C(\c1cc(-c2n[nH]c3ccc(-c4cncc(C)c4)nc23)[nH]c1C)N1CCN(C)CC1.C=C/C=C(\c1cc(-c2n[nH]c3ccc(-c4cnccn4)nc23)[nH]c1C)N1CCN(C)CC1.CC. The fourth-order valence-corrected chi connectivity index (χ4v) is 8.56. The Labute approximate surface area is 392 Å². The molecule has 10 heterocycles. The average Bonchev–Trinajstić information content (AvgIpc) is 4.16. The highest BCUT2D eigenvalue weighted by Crippen LogP contribution is 2.34. The molecule has 0 spiro atoms. The molecule has 344 valence electrons. The molecule has 8 aromatic rings. The molecule has 0 unspecified atom stereocenters. The number of hydrogen-bond donors (Lipinski definition) is 4. The van der Waals surface area contributed by atoms with Gasteiger partial charge in [-0.3, -0.25) is 25.1 Å². The van der Waals surface area contributed by atoms with Crippen LogP contribution in [-0.4, -0.2) is 141 Å². The zero-order valence-electron chi connectivity index (χ0n) is 39.7. The second-order valence-electron chi connectivity index (χ2n) is 16.8. The van der Waals surface area contributed by atoms with E-state index >= 15 is 0 Å². The van der Waals surface area contributed by atoms with E-state index in [9.17, 15) is 0 Å². The quantitative estimate of drug-likeness (QED) is 0.0969. The van der Waals surface area contributed by atoms with Gasteiger partial charge in [0.05, 0.1) is 40.0 Å². The van der Waals surface area contributed by atoms with Gasteiger partial charge in [0, 0.05) is 117 Å². The van der Waals surface area contributed by atoms with Crippen LogP contribution in [0.15, 0.2) is 111 Å². The Balaban J connectivity index is 0.000000175. The van der Waals surface area contributed by atoms with Crippen molar-refractivity contribution in [3.8, 4) is 45.4 Å². The van der Waals surface area contributed by atoms with Crippen LogP contribution in [-0.2, 0) is 0 Å². The van der Waals surface area contributed by atoms with Gasteiger partial charge in [-0.1, -0.05) is 39.2 Å². The molecular weight excluding hydrogens is 835 g/mol. The van der Waals surface area contributed by atoms with Gasteiger partial charge in [0.25, 0.3) is 0 Å². The van der Waals surface area contributed by atoms with Gasteiger partial charge in [-0.15, -0.1) is 0 Å². The number of piperazine rings is 2. The summed E-state index contributed by atoms with van der Waals surface area (Å²) in [5, 5.41) is 15.4. The van der Waals surface area contributed by atoms with Crippen LogP contribution in [0.5, 0.6) is 0 Å². The molecular formula is C52H61N15. The molecule has 2 saturated heterocycles. The van der Waals surface area contributed by atoms with E-state index < -0.39 is 0 Å². The number of nitrogens with one attached hydrogen (secondary N) is 4. The minimum absolute atomic E-state index is 0.733. The summed E-state index contributed by atoms with van der Waals surface area (Å²) in [7, 11) is 4.34. The Kier molecular flexibility index (Phi) is 14.3. The molecule has 0 radical (unpaired) electrons. The predicted octanol–water partition coefficient (Wildman–Crippen LogP) is 8.93. The smallest absolute Gasteiger partial charge is 0.135 e. The second kappa shape index (κ2) is 20.8. The maximum Gasteiger partial charge on any atom is 0.135 e. The number of rotatable bonds is 10. The Morgan fingerprint density at radius 3 is 1.57 bits per heavy atom. The fourth-order valence-electron chi connectivity index (χ4n) is 8.56. The summed E-state index contributed by atoms with van der Waals surface area (Å²) in [6.07, 6.45) is 16.7. The highest BCUT2D eigenvalue weighted by atomic mass is 15.3. The van der Waals surface area contributed by atoms with E-state index in [1.54, 1.807) is 18.6 Å². The van der Waals surface area contributed by atoms with E-state index in [2.05, 4.69) is 136 Å². The molecule has 0 amide bonds. The first kappa shape index (κ1) is 46.1. The number of aromatic nitrogens is 11. The Morgan fingerprint density at radius 1 is 0.582 bits per heavy atom. The first-order valence-electron chi connectivity index (χ1n) is 23.0. The number of pyridine rings is 3. The summed E-state index contributed by atoms with van der Waals surface area (Å²) < 4.78 is 0. The number of nitrogens with zero attached hydrogens (tertiary/aromatic N) is 11. The Hall–Kier alpha value is -7.49. The fraction of sp³-hybridized carbons (Fsp3) is 0.288. The number of hydrogen-bond acceptors (Lipinski definition) is 11. The van der Waals surface area contributed by atoms with Gasteiger partial charge < -0.3 is 29.6 Å². The average molecular weight is 896 g/mol. The zero-order chi connectivity index (χ0) is 47.0. The molecule has 2 aliphatic heterocycles. The second-order valence-corrected chi connectivity index (χ2v) is 16.8. The van der Waals surface area contributed by atoms with Crippen LogP contribution < -0.4 is 0 Å². The lowest BCUT2D eigenvalue weighted by atomic mass is 10.1. The normalized spacial score (nSPS) is 15.0. The minimum atomic E-state index is 0.733. The largest absolute Gasteiger partial charge is 0.368 e. The molecule has 0 aromatic carbocycles. The molecule has 0 bridgehead atoms. The minimum Gasteiger partial charge on any atom is -0.368 e. The molecule has 4 N–H and O–H groups in total. The van der Waals surface area contributed by atoms with Gasteiger partial charge in [0.1, 0.15) is 28.1 Å². The summed E-state index contributed by atoms with van der Waals surface area (Å²) in [6, 6.07) is 14.4. The van der Waals surface area contributed by atoms with Crippen LogP contribution in [0.4, 0.5) is 0 Å². The van der Waals surface area contributed by atoms with Gasteiger partial charge in [-0.25, -0.2) is 9.97 Å².